The molecule has 0 aliphatic carbocycles. The second-order valence-corrected chi connectivity index (χ2v) is 13.6. The minimum atomic E-state index is -1.72. The Bertz CT molecular complexity index is 1420. The lowest BCUT2D eigenvalue weighted by atomic mass is 10.0. The highest BCUT2D eigenvalue weighted by Gasteiger charge is 2.33. The van der Waals surface area contributed by atoms with E-state index in [1.165, 1.54) is 23.9 Å². The fraction of sp³-hybridized carbons (Fsp3) is 0.548. The van der Waals surface area contributed by atoms with E-state index in [9.17, 15) is 48.6 Å². The summed E-state index contributed by atoms with van der Waals surface area (Å²) in [6, 6.07) is -2.54. The molecule has 0 fully saturated rings. The third kappa shape index (κ3) is 16.5. The molecule has 0 aromatic heterocycles. The summed E-state index contributed by atoms with van der Waals surface area (Å²) in [7, 11) is 0. The lowest BCUT2D eigenvalue weighted by molar-refractivity contribution is -0.143. The van der Waals surface area contributed by atoms with Gasteiger partial charge in [0.25, 0.3) is 0 Å². The molecule has 0 bridgehead atoms. The molecule has 0 aliphatic rings. The van der Waals surface area contributed by atoms with E-state index >= 15 is 0 Å². The van der Waals surface area contributed by atoms with Crippen molar-refractivity contribution in [3.8, 4) is 0 Å². The number of hydrogen-bond donors (Lipinski definition) is 8. The fourth-order valence-corrected chi connectivity index (χ4v) is 5.38. The second kappa shape index (κ2) is 21.9. The zero-order valence-electron chi connectivity index (χ0n) is 28.0. The van der Waals surface area contributed by atoms with Gasteiger partial charge in [0, 0.05) is 19.8 Å². The lowest BCUT2D eigenvalue weighted by Crippen LogP contribution is -2.59. The molecule has 0 heterocycles. The largest absolute Gasteiger partial charge is 0.481 e. The predicted octanol–water partition coefficient (Wildman–Crippen LogP) is 0.604. The second-order valence-electron chi connectivity index (χ2n) is 11.8. The molecule has 1 aromatic rings. The topological polar surface area (TPSA) is 263 Å². The zero-order chi connectivity index (χ0) is 38.1. The molecule has 0 spiro atoms. The normalized spacial score (nSPS) is 13.9. The number of halogens is 2. The number of carboxylic acids is 2. The molecular weight excluding hydrogens is 719 g/mol. The Hall–Kier alpha value is -4.09. The van der Waals surface area contributed by atoms with Crippen molar-refractivity contribution in [2.24, 2.45) is 11.7 Å². The summed E-state index contributed by atoms with van der Waals surface area (Å²) < 4.78 is 0. The molecule has 19 heteroatoms. The van der Waals surface area contributed by atoms with Crippen LogP contribution in [0.2, 0.25) is 10.0 Å². The molecule has 9 N–H and O–H groups in total. The van der Waals surface area contributed by atoms with E-state index in [2.05, 4.69) is 26.6 Å². The van der Waals surface area contributed by atoms with Crippen LogP contribution in [0.4, 0.5) is 0 Å². The lowest BCUT2D eigenvalue weighted by Gasteiger charge is -2.27. The Morgan fingerprint density at radius 3 is 1.78 bits per heavy atom. The molecule has 16 nitrogen and oxygen atoms in total. The predicted molar refractivity (Wildman–Crippen MR) is 186 cm³/mol. The number of thioether (sulfide) groups is 1. The van der Waals surface area contributed by atoms with Gasteiger partial charge in [0.2, 0.25) is 35.4 Å². The van der Waals surface area contributed by atoms with E-state index in [4.69, 9.17) is 28.9 Å². The van der Waals surface area contributed by atoms with Gasteiger partial charge in [0.1, 0.15) is 30.2 Å². The summed E-state index contributed by atoms with van der Waals surface area (Å²) in [5.41, 5.74) is 5.63. The highest BCUT2D eigenvalue weighted by Crippen LogP contribution is 2.23. The summed E-state index contributed by atoms with van der Waals surface area (Å²) in [5, 5.41) is 31.8. The van der Waals surface area contributed by atoms with Crippen LogP contribution >= 0.6 is 35.0 Å². The van der Waals surface area contributed by atoms with Gasteiger partial charge < -0.3 is 42.5 Å². The number of carboxylic acid groups (broad SMARTS) is 2. The van der Waals surface area contributed by atoms with E-state index in [-0.39, 0.29) is 48.1 Å². The van der Waals surface area contributed by atoms with E-state index in [1.54, 1.807) is 26.2 Å². The first-order valence-corrected chi connectivity index (χ1v) is 17.6. The van der Waals surface area contributed by atoms with Crippen LogP contribution in [-0.2, 0) is 44.8 Å². The van der Waals surface area contributed by atoms with E-state index < -0.39 is 84.0 Å². The monoisotopic (exact) mass is 762 g/mol. The number of rotatable bonds is 22. The molecule has 1 rings (SSSR count). The van der Waals surface area contributed by atoms with Crippen LogP contribution in [0, 0.1) is 5.92 Å². The standard InChI is InChI=1S/C31H44Cl2N6O10S/c1-15(2)11-22(37-27(44)20(35-16(3)40)7-8-25(34)41)29(46)38-23(14-26(42)43)30(47)36-21(9-10-50-4)28(45)39-24(31(48)49)13-17-5-6-18(32)19(33)12-17/h5-6,12,15,20-24H,7-11,13-14H2,1-4H3,(H2,34,41)(H,35,40)(H,36,47)(H,37,44)(H,38,46)(H,39,45)(H,42,43)(H,48,49)/t20-,21-,22-,23-,24-/m0/s1. The molecule has 0 radical (unpaired) electrons. The summed E-state index contributed by atoms with van der Waals surface area (Å²) in [4.78, 5) is 99.9. The summed E-state index contributed by atoms with van der Waals surface area (Å²) in [5.74, 6) is -7.65. The molecule has 5 atom stereocenters. The average molecular weight is 764 g/mol. The maximum Gasteiger partial charge on any atom is 0.326 e. The van der Waals surface area contributed by atoms with Crippen molar-refractivity contribution < 1.29 is 48.6 Å². The van der Waals surface area contributed by atoms with Crippen molar-refractivity contribution in [2.45, 2.75) is 89.5 Å². The molecule has 50 heavy (non-hydrogen) atoms. The first kappa shape index (κ1) is 43.9. The zero-order valence-corrected chi connectivity index (χ0v) is 30.4. The molecule has 0 unspecified atom stereocenters. The van der Waals surface area contributed by atoms with Gasteiger partial charge in [0.05, 0.1) is 16.5 Å². The highest BCUT2D eigenvalue weighted by molar-refractivity contribution is 7.98. The Balaban J connectivity index is 3.22. The highest BCUT2D eigenvalue weighted by atomic mass is 35.5. The van der Waals surface area contributed by atoms with Gasteiger partial charge in [0.15, 0.2) is 0 Å². The quantitative estimate of drug-likeness (QED) is 0.0811. The Kier molecular flexibility index (Phi) is 19.2. The van der Waals surface area contributed by atoms with Crippen molar-refractivity contribution in [3.63, 3.8) is 0 Å². The minimum Gasteiger partial charge on any atom is -0.481 e. The van der Waals surface area contributed by atoms with E-state index in [0.717, 1.165) is 6.92 Å². The molecular formula is C31H44Cl2N6O10S. The number of aliphatic carboxylic acids is 2. The molecule has 0 saturated heterocycles. The van der Waals surface area contributed by atoms with Crippen LogP contribution in [0.15, 0.2) is 18.2 Å². The number of benzene rings is 1. The number of nitrogens with two attached hydrogens (primary N) is 1. The van der Waals surface area contributed by atoms with Crippen molar-refractivity contribution in [3.05, 3.63) is 33.8 Å². The van der Waals surface area contributed by atoms with Gasteiger partial charge >= 0.3 is 11.9 Å². The van der Waals surface area contributed by atoms with Crippen LogP contribution < -0.4 is 32.3 Å². The number of amides is 6. The van der Waals surface area contributed by atoms with Crippen LogP contribution in [0.3, 0.4) is 0 Å². The number of nitrogens with one attached hydrogen (secondary N) is 5. The Morgan fingerprint density at radius 2 is 1.28 bits per heavy atom. The SMILES string of the molecule is CSCC[C@H](NC(=O)[C@H](CC(=O)O)NC(=O)[C@H](CC(C)C)NC(=O)[C@H](CCC(N)=O)NC(C)=O)C(=O)N[C@@H](Cc1ccc(Cl)c(Cl)c1)C(=O)O. The maximum absolute atomic E-state index is 13.4. The van der Waals surface area contributed by atoms with Gasteiger partial charge in [-0.05, 0) is 54.9 Å². The van der Waals surface area contributed by atoms with Crippen molar-refractivity contribution in [1.82, 2.24) is 26.6 Å². The summed E-state index contributed by atoms with van der Waals surface area (Å²) in [6.07, 6.45) is 0.322. The van der Waals surface area contributed by atoms with Gasteiger partial charge in [-0.3, -0.25) is 33.6 Å². The first-order chi connectivity index (χ1) is 23.3. The van der Waals surface area contributed by atoms with Crippen molar-refractivity contribution in [2.75, 3.05) is 12.0 Å². The summed E-state index contributed by atoms with van der Waals surface area (Å²) in [6.45, 7) is 4.64. The van der Waals surface area contributed by atoms with Crippen LogP contribution in [0.5, 0.6) is 0 Å². The van der Waals surface area contributed by atoms with Crippen molar-refractivity contribution in [1.29, 1.82) is 0 Å². The number of carbonyl (C=O) groups is 8. The number of primary amides is 1. The third-order valence-electron chi connectivity index (χ3n) is 7.01. The summed E-state index contributed by atoms with van der Waals surface area (Å²) >= 11 is 13.3. The van der Waals surface area contributed by atoms with E-state index in [0.29, 0.717) is 11.3 Å². The Morgan fingerprint density at radius 1 is 0.760 bits per heavy atom. The molecule has 1 aromatic carbocycles. The van der Waals surface area contributed by atoms with E-state index in [1.807, 2.05) is 0 Å². The van der Waals surface area contributed by atoms with Gasteiger partial charge in [-0.2, -0.15) is 11.8 Å². The average Bonchev–Trinajstić information content (AvgIpc) is 3.00. The van der Waals surface area contributed by atoms with Crippen LogP contribution in [0.25, 0.3) is 0 Å². The fourth-order valence-electron chi connectivity index (χ4n) is 4.58. The van der Waals surface area contributed by atoms with Gasteiger partial charge in [-0.15, -0.1) is 0 Å². The van der Waals surface area contributed by atoms with Gasteiger partial charge in [-0.1, -0.05) is 43.1 Å². The van der Waals surface area contributed by atoms with Gasteiger partial charge in [-0.25, -0.2) is 4.79 Å². The Labute approximate surface area is 303 Å². The van der Waals surface area contributed by atoms with Crippen LogP contribution in [0.1, 0.15) is 58.4 Å². The molecule has 0 saturated carbocycles. The molecule has 6 amide bonds. The van der Waals surface area contributed by atoms with Crippen LogP contribution in [-0.4, -0.2) is 99.8 Å². The number of hydrogen-bond acceptors (Lipinski definition) is 9. The molecule has 278 valence electrons. The molecule has 0 aliphatic heterocycles. The minimum absolute atomic E-state index is 0.0213. The third-order valence-corrected chi connectivity index (χ3v) is 8.39. The number of carbonyl (C=O) groups excluding carboxylic acids is 6. The smallest absolute Gasteiger partial charge is 0.326 e. The first-order valence-electron chi connectivity index (χ1n) is 15.5. The van der Waals surface area contributed by atoms with Crippen molar-refractivity contribution >= 4 is 82.3 Å². The maximum atomic E-state index is 13.4.